The Morgan fingerprint density at radius 3 is 2.41 bits per heavy atom. The van der Waals surface area contributed by atoms with Crippen molar-refractivity contribution in [2.75, 3.05) is 0 Å². The third kappa shape index (κ3) is 2.60. The Kier molecular flexibility index (Phi) is 3.24. The molecule has 0 fully saturated rings. The summed E-state index contributed by atoms with van der Waals surface area (Å²) in [6, 6.07) is 12.4. The van der Waals surface area contributed by atoms with Crippen LogP contribution in [0.2, 0.25) is 0 Å². The first-order valence-corrected chi connectivity index (χ1v) is 7.18. The smallest absolute Gasteiger partial charge is 0.168 e. The summed E-state index contributed by atoms with van der Waals surface area (Å²) in [5.41, 5.74) is 2.80. The number of imidazole rings is 1. The second-order valence-corrected chi connectivity index (χ2v) is 6.44. The quantitative estimate of drug-likeness (QED) is 0.697. The van der Waals surface area contributed by atoms with Crippen LogP contribution in [-0.2, 0) is 0 Å². The lowest BCUT2D eigenvalue weighted by Gasteiger charge is -2.16. The van der Waals surface area contributed by atoms with Gasteiger partial charge in [-0.3, -0.25) is 4.79 Å². The van der Waals surface area contributed by atoms with Gasteiger partial charge in [-0.05, 0) is 42.5 Å². The van der Waals surface area contributed by atoms with Gasteiger partial charge in [-0.25, -0.2) is 4.98 Å². The number of fused-ring (bicyclic) bond motifs is 1. The number of phenols is 1. The van der Waals surface area contributed by atoms with Gasteiger partial charge < -0.3 is 10.1 Å². The van der Waals surface area contributed by atoms with Crippen LogP contribution in [0.1, 0.15) is 31.1 Å². The molecule has 0 unspecified atom stereocenters. The average Bonchev–Trinajstić information content (AvgIpc) is 2.89. The van der Waals surface area contributed by atoms with Crippen LogP contribution in [-0.4, -0.2) is 20.9 Å². The van der Waals surface area contributed by atoms with Gasteiger partial charge in [0.05, 0.1) is 11.0 Å². The van der Waals surface area contributed by atoms with Gasteiger partial charge in [0.15, 0.2) is 5.78 Å². The van der Waals surface area contributed by atoms with E-state index in [1.165, 1.54) is 0 Å². The lowest BCUT2D eigenvalue weighted by atomic mass is 9.86. The molecule has 4 heteroatoms. The maximum atomic E-state index is 12.4. The number of carbonyl (C=O) groups is 1. The number of aromatic hydroxyl groups is 1. The molecule has 2 aromatic carbocycles. The number of Topliss-reactive ketones (excluding diaryl/α,β-unsaturated/α-hetero) is 1. The largest absolute Gasteiger partial charge is 0.508 e. The summed E-state index contributed by atoms with van der Waals surface area (Å²) in [6.45, 7) is 5.73. The molecule has 2 N–H and O–H groups in total. The Labute approximate surface area is 128 Å². The van der Waals surface area contributed by atoms with Crippen LogP contribution in [0, 0.1) is 5.41 Å². The van der Waals surface area contributed by atoms with E-state index in [9.17, 15) is 9.90 Å². The van der Waals surface area contributed by atoms with Crippen molar-refractivity contribution < 1.29 is 9.90 Å². The van der Waals surface area contributed by atoms with Crippen molar-refractivity contribution >= 4 is 16.8 Å². The van der Waals surface area contributed by atoms with Gasteiger partial charge in [0.2, 0.25) is 0 Å². The highest BCUT2D eigenvalue weighted by Crippen LogP contribution is 2.26. The van der Waals surface area contributed by atoms with E-state index >= 15 is 0 Å². The summed E-state index contributed by atoms with van der Waals surface area (Å²) < 4.78 is 0. The van der Waals surface area contributed by atoms with E-state index in [-0.39, 0.29) is 11.5 Å². The predicted molar refractivity (Wildman–Crippen MR) is 87.0 cm³/mol. The van der Waals surface area contributed by atoms with Gasteiger partial charge in [-0.1, -0.05) is 20.8 Å². The first kappa shape index (κ1) is 14.3. The maximum absolute atomic E-state index is 12.4. The van der Waals surface area contributed by atoms with Crippen molar-refractivity contribution in [1.29, 1.82) is 0 Å². The monoisotopic (exact) mass is 294 g/mol. The summed E-state index contributed by atoms with van der Waals surface area (Å²) >= 11 is 0. The van der Waals surface area contributed by atoms with Gasteiger partial charge in [-0.2, -0.15) is 0 Å². The minimum atomic E-state index is -0.409. The molecule has 0 bridgehead atoms. The van der Waals surface area contributed by atoms with E-state index in [0.717, 1.165) is 22.4 Å². The minimum Gasteiger partial charge on any atom is -0.508 e. The molecule has 0 aliphatic carbocycles. The molecule has 22 heavy (non-hydrogen) atoms. The van der Waals surface area contributed by atoms with E-state index < -0.39 is 5.41 Å². The second kappa shape index (κ2) is 4.98. The Bertz CT molecular complexity index is 840. The molecule has 0 amide bonds. The number of carbonyl (C=O) groups excluding carboxylic acids is 1. The summed E-state index contributed by atoms with van der Waals surface area (Å²) in [4.78, 5) is 20.1. The molecular formula is C18H18N2O2. The zero-order valence-electron chi connectivity index (χ0n) is 12.8. The van der Waals surface area contributed by atoms with Crippen molar-refractivity contribution in [2.45, 2.75) is 20.8 Å². The summed E-state index contributed by atoms with van der Waals surface area (Å²) in [5, 5.41) is 9.35. The van der Waals surface area contributed by atoms with Crippen LogP contribution < -0.4 is 0 Å². The number of rotatable bonds is 2. The molecule has 4 nitrogen and oxygen atoms in total. The van der Waals surface area contributed by atoms with Crippen molar-refractivity contribution in [3.63, 3.8) is 0 Å². The Hall–Kier alpha value is -2.62. The fourth-order valence-electron chi connectivity index (χ4n) is 2.34. The highest BCUT2D eigenvalue weighted by Gasteiger charge is 2.23. The number of nitrogens with one attached hydrogen (secondary N) is 1. The SMILES string of the molecule is CC(C)(C)C(=O)c1ccc2nc(-c3ccc(O)cc3)[nH]c2c1. The van der Waals surface area contributed by atoms with Crippen molar-refractivity contribution in [3.05, 3.63) is 48.0 Å². The topological polar surface area (TPSA) is 66.0 Å². The second-order valence-electron chi connectivity index (χ2n) is 6.44. The molecule has 1 aromatic heterocycles. The van der Waals surface area contributed by atoms with Gasteiger partial charge in [0, 0.05) is 16.5 Å². The van der Waals surface area contributed by atoms with Crippen LogP contribution >= 0.6 is 0 Å². The maximum Gasteiger partial charge on any atom is 0.168 e. The highest BCUT2D eigenvalue weighted by atomic mass is 16.3. The zero-order valence-corrected chi connectivity index (χ0v) is 12.8. The number of hydrogen-bond donors (Lipinski definition) is 2. The number of ketones is 1. The van der Waals surface area contributed by atoms with E-state index in [1.54, 1.807) is 24.3 Å². The standard InChI is InChI=1S/C18H18N2O2/c1-18(2,3)16(22)12-6-9-14-15(10-12)20-17(19-14)11-4-7-13(21)8-5-11/h4-10,21H,1-3H3,(H,19,20). The lowest BCUT2D eigenvalue weighted by molar-refractivity contribution is 0.0858. The zero-order chi connectivity index (χ0) is 15.9. The van der Waals surface area contributed by atoms with Crippen molar-refractivity contribution in [1.82, 2.24) is 9.97 Å². The molecule has 0 radical (unpaired) electrons. The van der Waals surface area contributed by atoms with Crippen LogP contribution in [0.25, 0.3) is 22.4 Å². The van der Waals surface area contributed by atoms with E-state index in [1.807, 2.05) is 39.0 Å². The third-order valence-electron chi connectivity index (χ3n) is 3.57. The van der Waals surface area contributed by atoms with E-state index in [2.05, 4.69) is 9.97 Å². The normalized spacial score (nSPS) is 11.8. The summed E-state index contributed by atoms with van der Waals surface area (Å²) in [6.07, 6.45) is 0. The van der Waals surface area contributed by atoms with Gasteiger partial charge in [0.1, 0.15) is 11.6 Å². The first-order chi connectivity index (χ1) is 10.3. The van der Waals surface area contributed by atoms with E-state index in [4.69, 9.17) is 0 Å². The average molecular weight is 294 g/mol. The number of hydrogen-bond acceptors (Lipinski definition) is 3. The predicted octanol–water partition coefficient (Wildman–Crippen LogP) is 4.16. The number of aromatic amines is 1. The van der Waals surface area contributed by atoms with Crippen LogP contribution in [0.5, 0.6) is 5.75 Å². The number of H-pyrrole nitrogens is 1. The number of aromatic nitrogens is 2. The molecule has 0 atom stereocenters. The Balaban J connectivity index is 2.04. The molecule has 3 aromatic rings. The van der Waals surface area contributed by atoms with Gasteiger partial charge in [-0.15, -0.1) is 0 Å². The number of benzene rings is 2. The van der Waals surface area contributed by atoms with Crippen LogP contribution in [0.3, 0.4) is 0 Å². The molecule has 0 saturated heterocycles. The Morgan fingerprint density at radius 1 is 1.09 bits per heavy atom. The van der Waals surface area contributed by atoms with Crippen LogP contribution in [0.4, 0.5) is 0 Å². The van der Waals surface area contributed by atoms with Crippen LogP contribution in [0.15, 0.2) is 42.5 Å². The summed E-state index contributed by atoms with van der Waals surface area (Å²) in [7, 11) is 0. The molecule has 1 heterocycles. The highest BCUT2D eigenvalue weighted by molar-refractivity contribution is 6.02. The minimum absolute atomic E-state index is 0.107. The molecular weight excluding hydrogens is 276 g/mol. The molecule has 0 spiro atoms. The molecule has 0 aliphatic heterocycles. The molecule has 0 aliphatic rings. The fourth-order valence-corrected chi connectivity index (χ4v) is 2.34. The molecule has 3 rings (SSSR count). The fraction of sp³-hybridized carbons (Fsp3) is 0.222. The summed E-state index contributed by atoms with van der Waals surface area (Å²) in [5.74, 6) is 1.04. The number of nitrogens with zero attached hydrogens (tertiary/aromatic N) is 1. The third-order valence-corrected chi connectivity index (χ3v) is 3.57. The van der Waals surface area contributed by atoms with Crippen molar-refractivity contribution in [3.8, 4) is 17.1 Å². The van der Waals surface area contributed by atoms with E-state index in [0.29, 0.717) is 5.56 Å². The van der Waals surface area contributed by atoms with Crippen molar-refractivity contribution in [2.24, 2.45) is 5.41 Å². The number of phenolic OH excluding ortho intramolecular Hbond substituents is 1. The molecule has 0 saturated carbocycles. The van der Waals surface area contributed by atoms with Gasteiger partial charge in [0.25, 0.3) is 0 Å². The lowest BCUT2D eigenvalue weighted by Crippen LogP contribution is -2.19. The first-order valence-electron chi connectivity index (χ1n) is 7.18. The molecule has 112 valence electrons. The van der Waals surface area contributed by atoms with Gasteiger partial charge >= 0.3 is 0 Å². The Morgan fingerprint density at radius 2 is 1.77 bits per heavy atom.